The van der Waals surface area contributed by atoms with Gasteiger partial charge in [0.15, 0.2) is 11.6 Å². The molecule has 4 aromatic carbocycles. The first-order valence-electron chi connectivity index (χ1n) is 14.5. The lowest BCUT2D eigenvalue weighted by Gasteiger charge is -2.25. The topological polar surface area (TPSA) is 93.1 Å². The van der Waals surface area contributed by atoms with Crippen LogP contribution in [0.25, 0.3) is 0 Å². The van der Waals surface area contributed by atoms with E-state index in [9.17, 15) is 19.8 Å². The average molecular weight is 581 g/mol. The monoisotopic (exact) mass is 580 g/mol. The minimum absolute atomic E-state index is 0.136. The molecule has 0 aliphatic carbocycles. The number of rotatable bonds is 10. The summed E-state index contributed by atoms with van der Waals surface area (Å²) in [5.41, 5.74) is 2.40. The fourth-order valence-electron chi connectivity index (χ4n) is 4.83. The highest BCUT2D eigenvalue weighted by molar-refractivity contribution is 6.11. The number of hydrogen-bond acceptors (Lipinski definition) is 6. The van der Waals surface area contributed by atoms with Gasteiger partial charge in [-0.25, -0.2) is 0 Å². The number of phenols is 2. The van der Waals surface area contributed by atoms with Gasteiger partial charge in [-0.2, -0.15) is 0 Å². The Morgan fingerprint density at radius 1 is 0.581 bits per heavy atom. The van der Waals surface area contributed by atoms with E-state index in [1.165, 1.54) is 12.1 Å². The Hall–Kier alpha value is -4.58. The molecule has 0 bridgehead atoms. The molecule has 0 unspecified atom stereocenters. The van der Waals surface area contributed by atoms with E-state index >= 15 is 0 Å². The highest BCUT2D eigenvalue weighted by atomic mass is 16.5. The van der Waals surface area contributed by atoms with E-state index in [4.69, 9.17) is 9.47 Å². The molecular weight excluding hydrogens is 540 g/mol. The number of ether oxygens (including phenoxy) is 2. The van der Waals surface area contributed by atoms with Crippen molar-refractivity contribution in [3.05, 3.63) is 118 Å². The SMILES string of the molecule is CC(C)(C)c1cc(C(=O)c2ccccc2)c(O)cc1OCCCOc1cc(O)c(C(=O)c2ccccc2)cc1C(C)(C)C. The molecule has 0 fully saturated rings. The zero-order chi connectivity index (χ0) is 31.4. The van der Waals surface area contributed by atoms with Crippen LogP contribution in [0.3, 0.4) is 0 Å². The molecule has 0 saturated carbocycles. The van der Waals surface area contributed by atoms with E-state index in [-0.39, 0.29) is 45.0 Å². The van der Waals surface area contributed by atoms with Crippen molar-refractivity contribution in [3.63, 3.8) is 0 Å². The van der Waals surface area contributed by atoms with E-state index in [1.807, 2.05) is 53.7 Å². The Bertz CT molecular complexity index is 1470. The Labute approximate surface area is 253 Å². The Balaban J connectivity index is 1.47. The predicted octanol–water partition coefficient (Wildman–Crippen LogP) is 8.00. The van der Waals surface area contributed by atoms with Gasteiger partial charge in [0.2, 0.25) is 0 Å². The second-order valence-electron chi connectivity index (χ2n) is 12.7. The van der Waals surface area contributed by atoms with Crippen molar-refractivity contribution in [2.75, 3.05) is 13.2 Å². The zero-order valence-electron chi connectivity index (χ0n) is 25.7. The first-order valence-corrected chi connectivity index (χ1v) is 14.5. The van der Waals surface area contributed by atoms with Crippen LogP contribution in [0, 0.1) is 0 Å². The molecule has 0 aromatic heterocycles. The van der Waals surface area contributed by atoms with Crippen LogP contribution in [0.1, 0.15) is 90.9 Å². The molecule has 6 nitrogen and oxygen atoms in total. The van der Waals surface area contributed by atoms with Crippen LogP contribution in [0.4, 0.5) is 0 Å². The van der Waals surface area contributed by atoms with E-state index in [0.717, 1.165) is 11.1 Å². The fourth-order valence-corrected chi connectivity index (χ4v) is 4.83. The normalized spacial score (nSPS) is 11.7. The van der Waals surface area contributed by atoms with Crippen molar-refractivity contribution < 1.29 is 29.3 Å². The molecule has 4 aromatic rings. The molecule has 43 heavy (non-hydrogen) atoms. The minimum atomic E-state index is -0.344. The Morgan fingerprint density at radius 2 is 0.930 bits per heavy atom. The lowest BCUT2D eigenvalue weighted by Crippen LogP contribution is -2.17. The van der Waals surface area contributed by atoms with Crippen molar-refractivity contribution >= 4 is 11.6 Å². The van der Waals surface area contributed by atoms with Crippen LogP contribution >= 0.6 is 0 Å². The maximum Gasteiger partial charge on any atom is 0.196 e. The summed E-state index contributed by atoms with van der Waals surface area (Å²) in [5, 5.41) is 21.5. The molecule has 0 atom stereocenters. The first kappa shape index (κ1) is 31.4. The third kappa shape index (κ3) is 7.44. The maximum absolute atomic E-state index is 13.1. The summed E-state index contributed by atoms with van der Waals surface area (Å²) in [6.45, 7) is 12.8. The minimum Gasteiger partial charge on any atom is -0.507 e. The van der Waals surface area contributed by atoms with Crippen LogP contribution in [-0.2, 0) is 10.8 Å². The predicted molar refractivity (Wildman–Crippen MR) is 169 cm³/mol. The summed E-state index contributed by atoms with van der Waals surface area (Å²) >= 11 is 0. The van der Waals surface area contributed by atoms with Crippen LogP contribution in [0.15, 0.2) is 84.9 Å². The van der Waals surface area contributed by atoms with Gasteiger partial charge in [0.25, 0.3) is 0 Å². The van der Waals surface area contributed by atoms with Crippen molar-refractivity contribution in [3.8, 4) is 23.0 Å². The van der Waals surface area contributed by atoms with E-state index in [0.29, 0.717) is 42.3 Å². The standard InChI is InChI=1S/C37H40O6/c1-36(2,3)28-20-26(34(40)24-14-9-7-10-15-24)30(38)22-32(28)42-18-13-19-43-33-23-31(39)27(21-29(33)37(4,5)6)35(41)25-16-11-8-12-17-25/h7-12,14-17,20-23,38-39H,13,18-19H2,1-6H3. The third-order valence-electron chi connectivity index (χ3n) is 7.18. The highest BCUT2D eigenvalue weighted by Crippen LogP contribution is 2.39. The van der Waals surface area contributed by atoms with E-state index in [1.54, 1.807) is 60.7 Å². The summed E-state index contributed by atoms with van der Waals surface area (Å²) in [7, 11) is 0. The lowest BCUT2D eigenvalue weighted by molar-refractivity contribution is 0.102. The van der Waals surface area contributed by atoms with Crippen LogP contribution in [0.2, 0.25) is 0 Å². The van der Waals surface area contributed by atoms with E-state index in [2.05, 4.69) is 0 Å². The first-order chi connectivity index (χ1) is 20.3. The van der Waals surface area contributed by atoms with Gasteiger partial charge in [-0.1, -0.05) is 102 Å². The molecule has 0 aliphatic heterocycles. The number of carbonyl (C=O) groups excluding carboxylic acids is 2. The maximum atomic E-state index is 13.1. The summed E-state index contributed by atoms with van der Waals surface area (Å²) in [5.74, 6) is 0.237. The quantitative estimate of drug-likeness (QED) is 0.146. The van der Waals surface area contributed by atoms with Gasteiger partial charge in [-0.15, -0.1) is 0 Å². The average Bonchev–Trinajstić information content (AvgIpc) is 2.96. The Kier molecular flexibility index (Phi) is 9.29. The Morgan fingerprint density at radius 3 is 1.26 bits per heavy atom. The zero-order valence-corrected chi connectivity index (χ0v) is 25.7. The number of carbonyl (C=O) groups is 2. The summed E-state index contributed by atoms with van der Waals surface area (Å²) in [4.78, 5) is 26.2. The van der Waals surface area contributed by atoms with Crippen LogP contribution in [-0.4, -0.2) is 35.0 Å². The summed E-state index contributed by atoms with van der Waals surface area (Å²) in [6.07, 6.45) is 0.518. The van der Waals surface area contributed by atoms with Gasteiger partial charge in [0, 0.05) is 40.8 Å². The van der Waals surface area contributed by atoms with Gasteiger partial charge in [0.1, 0.15) is 23.0 Å². The summed E-state index contributed by atoms with van der Waals surface area (Å²) in [6, 6.07) is 24.2. The van der Waals surface area contributed by atoms with Gasteiger partial charge >= 0.3 is 0 Å². The molecular formula is C37H40O6. The second-order valence-corrected chi connectivity index (χ2v) is 12.7. The van der Waals surface area contributed by atoms with Crippen molar-refractivity contribution in [1.29, 1.82) is 0 Å². The number of hydrogen-bond donors (Lipinski definition) is 2. The second kappa shape index (κ2) is 12.7. The van der Waals surface area contributed by atoms with E-state index < -0.39 is 0 Å². The van der Waals surface area contributed by atoms with Gasteiger partial charge in [-0.3, -0.25) is 9.59 Å². The molecule has 0 saturated heterocycles. The van der Waals surface area contributed by atoms with Crippen LogP contribution < -0.4 is 9.47 Å². The molecule has 0 heterocycles. The smallest absolute Gasteiger partial charge is 0.196 e. The molecule has 0 amide bonds. The molecule has 6 heteroatoms. The number of ketones is 2. The molecule has 0 aliphatic rings. The highest BCUT2D eigenvalue weighted by Gasteiger charge is 2.26. The lowest BCUT2D eigenvalue weighted by atomic mass is 9.84. The summed E-state index contributed by atoms with van der Waals surface area (Å²) < 4.78 is 12.2. The fraction of sp³-hybridized carbons (Fsp3) is 0.297. The molecule has 2 N–H and O–H groups in total. The van der Waals surface area contributed by atoms with Crippen molar-refractivity contribution in [1.82, 2.24) is 0 Å². The molecule has 0 radical (unpaired) electrons. The van der Waals surface area contributed by atoms with Crippen LogP contribution in [0.5, 0.6) is 23.0 Å². The van der Waals surface area contributed by atoms with Crippen molar-refractivity contribution in [2.24, 2.45) is 0 Å². The molecule has 0 spiro atoms. The van der Waals surface area contributed by atoms with Crippen molar-refractivity contribution in [2.45, 2.75) is 58.8 Å². The number of aromatic hydroxyl groups is 2. The van der Waals surface area contributed by atoms with Gasteiger partial charge in [-0.05, 0) is 23.0 Å². The van der Waals surface area contributed by atoms with Gasteiger partial charge in [0.05, 0.1) is 24.3 Å². The van der Waals surface area contributed by atoms with Gasteiger partial charge < -0.3 is 19.7 Å². The molecule has 224 valence electrons. The largest absolute Gasteiger partial charge is 0.507 e. The molecule has 4 rings (SSSR count). The number of phenolic OH excluding ortho intramolecular Hbond substituents is 2. The number of benzene rings is 4. The third-order valence-corrected chi connectivity index (χ3v) is 7.18.